The standard InChI is InChI=1S/C75H60N4/c1-55-19-31-64(32-20-55)76(67-37-25-61(26-38-67)58-13-7-4-8-14-58)70-43-49-73(50-44-70)79(74-51-45-71(46-52-74)77(65-33-21-56(2)22-34-65)68-39-27-62(28-40-68)59-15-9-5-10-16-59)75-53-47-72(48-54-75)78(66-35-23-57(3)24-36-66)69-41-29-63(30-42-69)60-17-11-6-12-18-60/h4-54H,1-3H3. The van der Waals surface area contributed by atoms with Gasteiger partial charge in [0.2, 0.25) is 0 Å². The van der Waals surface area contributed by atoms with Crippen LogP contribution in [0.25, 0.3) is 33.4 Å². The van der Waals surface area contributed by atoms with E-state index in [2.05, 4.69) is 350 Å². The van der Waals surface area contributed by atoms with E-state index in [1.165, 1.54) is 50.1 Å². The Balaban J connectivity index is 0.938. The molecule has 380 valence electrons. The van der Waals surface area contributed by atoms with Crippen LogP contribution in [-0.4, -0.2) is 0 Å². The summed E-state index contributed by atoms with van der Waals surface area (Å²) in [5.41, 5.74) is 23.6. The maximum absolute atomic E-state index is 2.36. The maximum atomic E-state index is 2.36. The van der Waals surface area contributed by atoms with Gasteiger partial charge in [0, 0.05) is 68.2 Å². The smallest absolute Gasteiger partial charge is 0.0463 e. The van der Waals surface area contributed by atoms with E-state index in [1.807, 2.05) is 0 Å². The number of benzene rings is 12. The molecule has 0 atom stereocenters. The summed E-state index contributed by atoms with van der Waals surface area (Å²) in [5, 5.41) is 0. The number of aryl methyl sites for hydroxylation is 3. The predicted octanol–water partition coefficient (Wildman–Crippen LogP) is 21.5. The molecule has 12 rings (SSSR count). The zero-order chi connectivity index (χ0) is 53.5. The lowest BCUT2D eigenvalue weighted by Crippen LogP contribution is -2.14. The van der Waals surface area contributed by atoms with Gasteiger partial charge in [-0.05, 0) is 200 Å². The molecule has 0 fully saturated rings. The monoisotopic (exact) mass is 1020 g/mol. The van der Waals surface area contributed by atoms with Gasteiger partial charge in [0.1, 0.15) is 0 Å². The summed E-state index contributed by atoms with van der Waals surface area (Å²) >= 11 is 0. The second-order valence-electron chi connectivity index (χ2n) is 20.1. The van der Waals surface area contributed by atoms with Crippen molar-refractivity contribution in [3.8, 4) is 33.4 Å². The summed E-state index contributed by atoms with van der Waals surface area (Å²) in [6, 6.07) is 112. The second-order valence-corrected chi connectivity index (χ2v) is 20.1. The molecule has 79 heavy (non-hydrogen) atoms. The fraction of sp³-hybridized carbons (Fsp3) is 0.0400. The second kappa shape index (κ2) is 22.6. The van der Waals surface area contributed by atoms with Crippen molar-refractivity contribution in [1.29, 1.82) is 0 Å². The predicted molar refractivity (Wildman–Crippen MR) is 336 cm³/mol. The minimum Gasteiger partial charge on any atom is -0.311 e. The topological polar surface area (TPSA) is 13.0 Å². The lowest BCUT2D eigenvalue weighted by molar-refractivity contribution is 1.23. The lowest BCUT2D eigenvalue weighted by atomic mass is 10.0. The highest BCUT2D eigenvalue weighted by Gasteiger charge is 2.20. The third-order valence-electron chi connectivity index (χ3n) is 14.7. The average Bonchev–Trinajstić information content (AvgIpc) is 3.52. The Bertz CT molecular complexity index is 3470. The molecule has 0 bridgehead atoms. The van der Waals surface area contributed by atoms with Gasteiger partial charge in [0.25, 0.3) is 0 Å². The minimum atomic E-state index is 1.03. The van der Waals surface area contributed by atoms with Gasteiger partial charge in [-0.15, -0.1) is 0 Å². The molecule has 0 saturated carbocycles. The van der Waals surface area contributed by atoms with Gasteiger partial charge in [0.15, 0.2) is 0 Å². The van der Waals surface area contributed by atoms with Crippen LogP contribution in [0.15, 0.2) is 309 Å². The molecule has 12 aromatic carbocycles. The highest BCUT2D eigenvalue weighted by Crippen LogP contribution is 2.44. The van der Waals surface area contributed by atoms with E-state index in [0.29, 0.717) is 0 Å². The van der Waals surface area contributed by atoms with Gasteiger partial charge in [-0.3, -0.25) is 0 Å². The third kappa shape index (κ3) is 11.0. The number of hydrogen-bond acceptors (Lipinski definition) is 4. The zero-order valence-corrected chi connectivity index (χ0v) is 44.7. The van der Waals surface area contributed by atoms with Gasteiger partial charge in [-0.25, -0.2) is 0 Å². The molecule has 0 saturated heterocycles. The van der Waals surface area contributed by atoms with E-state index in [-0.39, 0.29) is 0 Å². The number of anilines is 12. The Labute approximate surface area is 465 Å². The van der Waals surface area contributed by atoms with Crippen molar-refractivity contribution in [3.63, 3.8) is 0 Å². The summed E-state index contributed by atoms with van der Waals surface area (Å²) in [6.45, 7) is 6.41. The van der Waals surface area contributed by atoms with Crippen LogP contribution in [0, 0.1) is 20.8 Å². The van der Waals surface area contributed by atoms with Crippen LogP contribution in [0.5, 0.6) is 0 Å². The van der Waals surface area contributed by atoms with E-state index in [0.717, 1.165) is 68.2 Å². The van der Waals surface area contributed by atoms with E-state index in [1.54, 1.807) is 0 Å². The molecule has 0 aliphatic rings. The lowest BCUT2D eigenvalue weighted by Gasteiger charge is -2.30. The van der Waals surface area contributed by atoms with Crippen molar-refractivity contribution < 1.29 is 0 Å². The molecule has 0 heterocycles. The van der Waals surface area contributed by atoms with Crippen molar-refractivity contribution >= 4 is 68.2 Å². The minimum absolute atomic E-state index is 1.03. The van der Waals surface area contributed by atoms with Crippen molar-refractivity contribution in [1.82, 2.24) is 0 Å². The molecule has 0 aromatic heterocycles. The van der Waals surface area contributed by atoms with Crippen molar-refractivity contribution in [2.24, 2.45) is 0 Å². The van der Waals surface area contributed by atoms with Crippen LogP contribution in [0.2, 0.25) is 0 Å². The molecular weight excluding hydrogens is 957 g/mol. The molecule has 0 aliphatic heterocycles. The molecule has 0 amide bonds. The first-order valence-corrected chi connectivity index (χ1v) is 27.1. The normalized spacial score (nSPS) is 11.0. The Morgan fingerprint density at radius 2 is 0.266 bits per heavy atom. The Morgan fingerprint density at radius 3 is 0.430 bits per heavy atom. The largest absolute Gasteiger partial charge is 0.311 e. The van der Waals surface area contributed by atoms with Crippen molar-refractivity contribution in [2.45, 2.75) is 20.8 Å². The van der Waals surface area contributed by atoms with Crippen LogP contribution in [0.1, 0.15) is 16.7 Å². The molecule has 4 nitrogen and oxygen atoms in total. The van der Waals surface area contributed by atoms with Crippen LogP contribution in [-0.2, 0) is 0 Å². The molecule has 0 unspecified atom stereocenters. The van der Waals surface area contributed by atoms with Crippen LogP contribution < -0.4 is 19.6 Å². The fourth-order valence-electron chi connectivity index (χ4n) is 10.4. The maximum Gasteiger partial charge on any atom is 0.0463 e. The van der Waals surface area contributed by atoms with Gasteiger partial charge in [-0.1, -0.05) is 180 Å². The zero-order valence-electron chi connectivity index (χ0n) is 44.7. The van der Waals surface area contributed by atoms with Gasteiger partial charge >= 0.3 is 0 Å². The van der Waals surface area contributed by atoms with Gasteiger partial charge < -0.3 is 19.6 Å². The summed E-state index contributed by atoms with van der Waals surface area (Å²) in [7, 11) is 0. The van der Waals surface area contributed by atoms with E-state index < -0.39 is 0 Å². The molecule has 0 N–H and O–H groups in total. The highest BCUT2D eigenvalue weighted by atomic mass is 15.2. The third-order valence-corrected chi connectivity index (χ3v) is 14.7. The molecule has 4 heteroatoms. The fourth-order valence-corrected chi connectivity index (χ4v) is 10.4. The first kappa shape index (κ1) is 49.7. The van der Waals surface area contributed by atoms with Crippen LogP contribution >= 0.6 is 0 Å². The van der Waals surface area contributed by atoms with Gasteiger partial charge in [-0.2, -0.15) is 0 Å². The number of nitrogens with zero attached hydrogens (tertiary/aromatic N) is 4. The van der Waals surface area contributed by atoms with E-state index >= 15 is 0 Å². The summed E-state index contributed by atoms with van der Waals surface area (Å²) in [4.78, 5) is 9.37. The van der Waals surface area contributed by atoms with Crippen LogP contribution in [0.4, 0.5) is 68.2 Å². The summed E-state index contributed by atoms with van der Waals surface area (Å²) < 4.78 is 0. The Kier molecular flexibility index (Phi) is 14.2. The van der Waals surface area contributed by atoms with E-state index in [9.17, 15) is 0 Å². The molecule has 0 radical (unpaired) electrons. The van der Waals surface area contributed by atoms with Crippen LogP contribution in [0.3, 0.4) is 0 Å². The Hall–Kier alpha value is -10.2. The molecule has 0 spiro atoms. The molecular formula is C75H60N4. The highest BCUT2D eigenvalue weighted by molar-refractivity contribution is 5.86. The summed E-state index contributed by atoms with van der Waals surface area (Å²) in [5.74, 6) is 0. The average molecular weight is 1020 g/mol. The molecule has 12 aromatic rings. The van der Waals surface area contributed by atoms with Crippen molar-refractivity contribution in [2.75, 3.05) is 19.6 Å². The van der Waals surface area contributed by atoms with Crippen molar-refractivity contribution in [3.05, 3.63) is 326 Å². The first-order chi connectivity index (χ1) is 38.9. The number of rotatable bonds is 15. The SMILES string of the molecule is Cc1ccc(N(c2ccc(-c3ccccc3)cc2)c2ccc(N(c3ccc(N(c4ccc(C)cc4)c4ccc(-c5ccccc5)cc4)cc3)c3ccc(N(c4ccc(C)cc4)c4ccc(-c5ccccc5)cc4)cc3)cc2)cc1. The van der Waals surface area contributed by atoms with E-state index in [4.69, 9.17) is 0 Å². The molecule has 0 aliphatic carbocycles. The Morgan fingerprint density at radius 1 is 0.139 bits per heavy atom. The first-order valence-electron chi connectivity index (χ1n) is 27.1. The quantitative estimate of drug-likeness (QED) is 0.101. The number of hydrogen-bond donors (Lipinski definition) is 0. The van der Waals surface area contributed by atoms with Gasteiger partial charge in [0.05, 0.1) is 0 Å². The summed E-state index contributed by atoms with van der Waals surface area (Å²) in [6.07, 6.45) is 0.